The molecular weight excluding hydrogens is 234 g/mol. The molecule has 19 heavy (non-hydrogen) atoms. The highest BCUT2D eigenvalue weighted by Crippen LogP contribution is 2.26. The summed E-state index contributed by atoms with van der Waals surface area (Å²) < 4.78 is 0. The molecule has 1 unspecified atom stereocenters. The van der Waals surface area contributed by atoms with E-state index >= 15 is 0 Å². The van der Waals surface area contributed by atoms with Crippen molar-refractivity contribution in [2.24, 2.45) is 0 Å². The Morgan fingerprint density at radius 3 is 2.37 bits per heavy atom. The predicted octanol–water partition coefficient (Wildman–Crippen LogP) is 3.87. The standard InChI is InChI=1S/C17H17NO/c1-11-7-12(2)9-15(8-11)17(19)14-3-4-16-13(10-14)5-6-18-16/h3-10,17-19H,1-2H3. The summed E-state index contributed by atoms with van der Waals surface area (Å²) >= 11 is 0. The molecule has 0 aliphatic heterocycles. The highest BCUT2D eigenvalue weighted by Gasteiger charge is 2.11. The molecule has 1 atom stereocenters. The van der Waals surface area contributed by atoms with Crippen molar-refractivity contribution in [2.45, 2.75) is 20.0 Å². The van der Waals surface area contributed by atoms with Crippen LogP contribution in [0.15, 0.2) is 48.7 Å². The van der Waals surface area contributed by atoms with E-state index in [2.05, 4.69) is 24.9 Å². The van der Waals surface area contributed by atoms with E-state index in [0.29, 0.717) is 0 Å². The molecule has 2 heteroatoms. The summed E-state index contributed by atoms with van der Waals surface area (Å²) in [5.74, 6) is 0. The van der Waals surface area contributed by atoms with Gasteiger partial charge in [-0.15, -0.1) is 0 Å². The second-order valence-corrected chi connectivity index (χ2v) is 5.15. The summed E-state index contributed by atoms with van der Waals surface area (Å²) in [6.45, 7) is 4.11. The molecule has 3 rings (SSSR count). The lowest BCUT2D eigenvalue weighted by Gasteiger charge is -2.13. The van der Waals surface area contributed by atoms with Gasteiger partial charge in [-0.25, -0.2) is 0 Å². The van der Waals surface area contributed by atoms with Crippen LogP contribution in [0.1, 0.15) is 28.4 Å². The van der Waals surface area contributed by atoms with E-state index in [1.54, 1.807) is 0 Å². The molecule has 96 valence electrons. The lowest BCUT2D eigenvalue weighted by atomic mass is 9.97. The minimum Gasteiger partial charge on any atom is -0.384 e. The highest BCUT2D eigenvalue weighted by atomic mass is 16.3. The number of rotatable bonds is 2. The van der Waals surface area contributed by atoms with Gasteiger partial charge in [-0.05, 0) is 48.6 Å². The molecule has 2 nitrogen and oxygen atoms in total. The molecule has 0 amide bonds. The minimum atomic E-state index is -0.571. The maximum absolute atomic E-state index is 10.5. The maximum atomic E-state index is 10.5. The minimum absolute atomic E-state index is 0.571. The first-order valence-electron chi connectivity index (χ1n) is 6.47. The van der Waals surface area contributed by atoms with E-state index in [4.69, 9.17) is 0 Å². The number of aliphatic hydroxyl groups excluding tert-OH is 1. The molecule has 0 spiro atoms. The Bertz CT molecular complexity index is 707. The Morgan fingerprint density at radius 2 is 1.63 bits per heavy atom. The molecule has 0 radical (unpaired) electrons. The van der Waals surface area contributed by atoms with Crippen LogP contribution in [-0.4, -0.2) is 10.1 Å². The first-order valence-corrected chi connectivity index (χ1v) is 6.47. The summed E-state index contributed by atoms with van der Waals surface area (Å²) in [6, 6.07) is 14.2. The van der Waals surface area contributed by atoms with Crippen molar-refractivity contribution in [3.63, 3.8) is 0 Å². The SMILES string of the molecule is Cc1cc(C)cc(C(O)c2ccc3[nH]ccc3c2)c1. The zero-order valence-electron chi connectivity index (χ0n) is 11.1. The van der Waals surface area contributed by atoms with Crippen molar-refractivity contribution < 1.29 is 5.11 Å². The number of aryl methyl sites for hydroxylation is 2. The van der Waals surface area contributed by atoms with Gasteiger partial charge in [0.05, 0.1) is 0 Å². The molecule has 1 aromatic heterocycles. The van der Waals surface area contributed by atoms with Crippen molar-refractivity contribution in [1.29, 1.82) is 0 Å². The Morgan fingerprint density at radius 1 is 0.895 bits per heavy atom. The Hall–Kier alpha value is -2.06. The fraction of sp³-hybridized carbons (Fsp3) is 0.176. The molecule has 0 aliphatic carbocycles. The van der Waals surface area contributed by atoms with Crippen LogP contribution in [0.5, 0.6) is 0 Å². The molecule has 2 aromatic carbocycles. The van der Waals surface area contributed by atoms with E-state index in [1.165, 1.54) is 11.1 Å². The van der Waals surface area contributed by atoms with Crippen molar-refractivity contribution in [2.75, 3.05) is 0 Å². The lowest BCUT2D eigenvalue weighted by molar-refractivity contribution is 0.220. The third kappa shape index (κ3) is 2.27. The van der Waals surface area contributed by atoms with Crippen LogP contribution < -0.4 is 0 Å². The van der Waals surface area contributed by atoms with Gasteiger partial charge in [0, 0.05) is 11.7 Å². The summed E-state index contributed by atoms with van der Waals surface area (Å²) in [5, 5.41) is 11.7. The number of aliphatic hydroxyl groups is 1. The van der Waals surface area contributed by atoms with Crippen molar-refractivity contribution in [3.8, 4) is 0 Å². The second kappa shape index (κ2) is 4.56. The van der Waals surface area contributed by atoms with Crippen LogP contribution in [0.2, 0.25) is 0 Å². The summed E-state index contributed by atoms with van der Waals surface area (Å²) in [6.07, 6.45) is 1.34. The Labute approximate surface area is 112 Å². The van der Waals surface area contributed by atoms with Crippen LogP contribution in [0.25, 0.3) is 10.9 Å². The molecule has 1 heterocycles. The van der Waals surface area contributed by atoms with Gasteiger partial charge < -0.3 is 10.1 Å². The van der Waals surface area contributed by atoms with Gasteiger partial charge in [0.1, 0.15) is 6.10 Å². The predicted molar refractivity (Wildman–Crippen MR) is 78.3 cm³/mol. The molecule has 0 bridgehead atoms. The topological polar surface area (TPSA) is 36.0 Å². The molecule has 2 N–H and O–H groups in total. The normalized spacial score (nSPS) is 12.8. The number of fused-ring (bicyclic) bond motifs is 1. The monoisotopic (exact) mass is 251 g/mol. The average molecular weight is 251 g/mol. The number of hydrogen-bond acceptors (Lipinski definition) is 1. The van der Waals surface area contributed by atoms with E-state index in [1.807, 2.05) is 42.6 Å². The van der Waals surface area contributed by atoms with Crippen molar-refractivity contribution in [1.82, 2.24) is 4.98 Å². The zero-order chi connectivity index (χ0) is 13.4. The number of aromatic nitrogens is 1. The first kappa shape index (κ1) is 12.0. The average Bonchev–Trinajstić information content (AvgIpc) is 2.83. The van der Waals surface area contributed by atoms with Crippen LogP contribution in [0.4, 0.5) is 0 Å². The number of aromatic amines is 1. The van der Waals surface area contributed by atoms with Crippen LogP contribution in [0, 0.1) is 13.8 Å². The van der Waals surface area contributed by atoms with Crippen LogP contribution in [-0.2, 0) is 0 Å². The van der Waals surface area contributed by atoms with Crippen LogP contribution >= 0.6 is 0 Å². The number of hydrogen-bond donors (Lipinski definition) is 2. The van der Waals surface area contributed by atoms with E-state index in [-0.39, 0.29) is 0 Å². The lowest BCUT2D eigenvalue weighted by Crippen LogP contribution is -2.00. The van der Waals surface area contributed by atoms with Gasteiger partial charge in [-0.2, -0.15) is 0 Å². The third-order valence-electron chi connectivity index (χ3n) is 3.45. The highest BCUT2D eigenvalue weighted by molar-refractivity contribution is 5.80. The zero-order valence-corrected chi connectivity index (χ0v) is 11.1. The largest absolute Gasteiger partial charge is 0.384 e. The summed E-state index contributed by atoms with van der Waals surface area (Å²) in [5.41, 5.74) is 5.33. The molecular formula is C17H17NO. The second-order valence-electron chi connectivity index (χ2n) is 5.15. The molecule has 0 saturated heterocycles. The van der Waals surface area contributed by atoms with E-state index in [0.717, 1.165) is 22.0 Å². The van der Waals surface area contributed by atoms with Gasteiger partial charge >= 0.3 is 0 Å². The fourth-order valence-corrected chi connectivity index (χ4v) is 2.60. The molecule has 0 saturated carbocycles. The van der Waals surface area contributed by atoms with Crippen LogP contribution in [0.3, 0.4) is 0 Å². The quantitative estimate of drug-likeness (QED) is 0.712. The number of nitrogens with one attached hydrogen (secondary N) is 1. The Kier molecular flexibility index (Phi) is 2.88. The van der Waals surface area contributed by atoms with Gasteiger partial charge in [0.2, 0.25) is 0 Å². The molecule has 0 aliphatic rings. The summed E-state index contributed by atoms with van der Waals surface area (Å²) in [7, 11) is 0. The van der Waals surface area contributed by atoms with Crippen molar-refractivity contribution >= 4 is 10.9 Å². The Balaban J connectivity index is 2.04. The summed E-state index contributed by atoms with van der Waals surface area (Å²) in [4.78, 5) is 3.16. The molecule has 0 fully saturated rings. The van der Waals surface area contributed by atoms with E-state index < -0.39 is 6.10 Å². The third-order valence-corrected chi connectivity index (χ3v) is 3.45. The molecule has 3 aromatic rings. The van der Waals surface area contributed by atoms with Gasteiger partial charge in [-0.1, -0.05) is 35.4 Å². The number of benzene rings is 2. The number of H-pyrrole nitrogens is 1. The van der Waals surface area contributed by atoms with Crippen molar-refractivity contribution in [3.05, 3.63) is 70.9 Å². The smallest absolute Gasteiger partial charge is 0.104 e. The fourth-order valence-electron chi connectivity index (χ4n) is 2.60. The van der Waals surface area contributed by atoms with Gasteiger partial charge in [0.15, 0.2) is 0 Å². The maximum Gasteiger partial charge on any atom is 0.104 e. The van der Waals surface area contributed by atoms with Gasteiger partial charge in [-0.3, -0.25) is 0 Å². The van der Waals surface area contributed by atoms with E-state index in [9.17, 15) is 5.11 Å². The van der Waals surface area contributed by atoms with Gasteiger partial charge in [0.25, 0.3) is 0 Å². The first-order chi connectivity index (χ1) is 9.13.